The summed E-state index contributed by atoms with van der Waals surface area (Å²) in [5.74, 6) is 0.00109. The number of carbonyl (C=O) groups is 2. The first kappa shape index (κ1) is 19.9. The average molecular weight is 411 g/mol. The zero-order valence-corrected chi connectivity index (χ0v) is 17.9. The Bertz CT molecular complexity index is 938. The fourth-order valence-corrected chi connectivity index (χ4v) is 4.91. The molecule has 0 aliphatic carbocycles. The van der Waals surface area contributed by atoms with E-state index >= 15 is 0 Å². The molecule has 0 saturated carbocycles. The normalized spacial score (nSPS) is 17.2. The third-order valence-corrected chi connectivity index (χ3v) is 6.58. The molecule has 0 radical (unpaired) electrons. The molecule has 7 heteroatoms. The quantitative estimate of drug-likeness (QED) is 0.776. The van der Waals surface area contributed by atoms with Crippen molar-refractivity contribution in [1.82, 2.24) is 14.8 Å². The number of likely N-dealkylation sites (N-methyl/N-ethyl adjacent to an activating group) is 1. The minimum absolute atomic E-state index is 0.00308. The predicted molar refractivity (Wildman–Crippen MR) is 115 cm³/mol. The van der Waals surface area contributed by atoms with Gasteiger partial charge in [-0.05, 0) is 50.7 Å². The second-order valence-corrected chi connectivity index (χ2v) is 8.67. The van der Waals surface area contributed by atoms with Gasteiger partial charge in [0.25, 0.3) is 11.8 Å². The van der Waals surface area contributed by atoms with Crippen LogP contribution in [-0.4, -0.2) is 65.4 Å². The summed E-state index contributed by atoms with van der Waals surface area (Å²) >= 11 is 1.46. The lowest BCUT2D eigenvalue weighted by Gasteiger charge is -2.34. The molecule has 2 amide bonds. The second kappa shape index (κ2) is 8.16. The van der Waals surface area contributed by atoms with E-state index in [-0.39, 0.29) is 17.9 Å². The summed E-state index contributed by atoms with van der Waals surface area (Å²) < 4.78 is 0. The molecule has 0 spiro atoms. The van der Waals surface area contributed by atoms with E-state index in [4.69, 9.17) is 0 Å². The summed E-state index contributed by atoms with van der Waals surface area (Å²) in [5.41, 5.74) is 2.10. The summed E-state index contributed by atoms with van der Waals surface area (Å²) in [6.07, 6.45) is 1.70. The van der Waals surface area contributed by atoms with E-state index in [1.54, 1.807) is 17.2 Å². The van der Waals surface area contributed by atoms with Crippen LogP contribution in [0.2, 0.25) is 0 Å². The van der Waals surface area contributed by atoms with Crippen LogP contribution in [0, 0.1) is 0 Å². The van der Waals surface area contributed by atoms with E-state index in [2.05, 4.69) is 16.8 Å². The number of nitrogens with zero attached hydrogens (tertiary/aromatic N) is 4. The van der Waals surface area contributed by atoms with Crippen molar-refractivity contribution in [2.75, 3.05) is 37.6 Å². The molecule has 0 atom stereocenters. The third kappa shape index (κ3) is 3.76. The molecule has 1 fully saturated rings. The number of rotatable bonds is 3. The minimum atomic E-state index is -0.0517. The number of anilines is 1. The van der Waals surface area contributed by atoms with Crippen LogP contribution >= 0.6 is 11.8 Å². The molecule has 2 aliphatic rings. The lowest BCUT2D eigenvalue weighted by Crippen LogP contribution is -2.48. The van der Waals surface area contributed by atoms with Crippen molar-refractivity contribution in [2.24, 2.45) is 0 Å². The van der Waals surface area contributed by atoms with E-state index < -0.39 is 0 Å². The summed E-state index contributed by atoms with van der Waals surface area (Å²) in [7, 11) is 0. The van der Waals surface area contributed by atoms with Crippen LogP contribution in [0.4, 0.5) is 5.69 Å². The van der Waals surface area contributed by atoms with Crippen LogP contribution in [0.1, 0.15) is 41.5 Å². The molecular formula is C22H26N4O2S. The Hall–Kier alpha value is -2.38. The Labute approximate surface area is 175 Å². The number of aromatic nitrogens is 1. The van der Waals surface area contributed by atoms with Crippen LogP contribution in [0.3, 0.4) is 0 Å². The Kier molecular flexibility index (Phi) is 5.61. The van der Waals surface area contributed by atoms with Crippen LogP contribution in [-0.2, 0) is 0 Å². The molecule has 0 bridgehead atoms. The number of hydrogen-bond donors (Lipinski definition) is 0. The maximum absolute atomic E-state index is 13.2. The van der Waals surface area contributed by atoms with Gasteiger partial charge in [-0.15, -0.1) is 0 Å². The molecule has 2 aromatic rings. The average Bonchev–Trinajstić information content (AvgIpc) is 2.86. The van der Waals surface area contributed by atoms with Crippen LogP contribution in [0.15, 0.2) is 46.5 Å². The predicted octanol–water partition coefficient (Wildman–Crippen LogP) is 3.38. The standard InChI is InChI=1S/C22H26N4O2S/c1-4-24-10-12-25(13-11-24)21(27)16-7-8-18-19(14-16)29-20-17(6-5-9-23-20)22(28)26(18)15(2)3/h5-9,14-15H,4,10-13H2,1-3H3. The van der Waals surface area contributed by atoms with Gasteiger partial charge in [-0.3, -0.25) is 9.59 Å². The van der Waals surface area contributed by atoms with Crippen LogP contribution in [0.5, 0.6) is 0 Å². The van der Waals surface area contributed by atoms with Gasteiger partial charge in [0.2, 0.25) is 0 Å². The lowest BCUT2D eigenvalue weighted by atomic mass is 10.1. The topological polar surface area (TPSA) is 56.8 Å². The van der Waals surface area contributed by atoms with Crippen molar-refractivity contribution in [1.29, 1.82) is 0 Å². The largest absolute Gasteiger partial charge is 0.336 e. The molecule has 152 valence electrons. The Morgan fingerprint density at radius 1 is 1.17 bits per heavy atom. The molecule has 4 rings (SSSR count). The minimum Gasteiger partial charge on any atom is -0.336 e. The van der Waals surface area contributed by atoms with Gasteiger partial charge in [-0.2, -0.15) is 0 Å². The second-order valence-electron chi connectivity index (χ2n) is 7.64. The molecule has 3 heterocycles. The molecule has 0 N–H and O–H groups in total. The zero-order chi connectivity index (χ0) is 20.5. The molecule has 6 nitrogen and oxygen atoms in total. The fraction of sp³-hybridized carbons (Fsp3) is 0.409. The number of benzene rings is 1. The molecule has 29 heavy (non-hydrogen) atoms. The van der Waals surface area contributed by atoms with Gasteiger partial charge in [0.15, 0.2) is 0 Å². The number of carbonyl (C=O) groups excluding carboxylic acids is 2. The maximum Gasteiger partial charge on any atom is 0.261 e. The Morgan fingerprint density at radius 2 is 1.93 bits per heavy atom. The van der Waals surface area contributed by atoms with Crippen molar-refractivity contribution in [3.8, 4) is 0 Å². The van der Waals surface area contributed by atoms with E-state index in [1.807, 2.05) is 43.0 Å². The van der Waals surface area contributed by atoms with Gasteiger partial charge in [-0.25, -0.2) is 4.98 Å². The first-order valence-corrected chi connectivity index (χ1v) is 10.9. The van der Waals surface area contributed by atoms with Gasteiger partial charge in [0.1, 0.15) is 5.03 Å². The molecule has 0 unspecified atom stereocenters. The highest BCUT2D eigenvalue weighted by Crippen LogP contribution is 2.41. The Balaban J connectivity index is 1.68. The van der Waals surface area contributed by atoms with Gasteiger partial charge in [-0.1, -0.05) is 18.7 Å². The van der Waals surface area contributed by atoms with E-state index in [9.17, 15) is 9.59 Å². The number of amides is 2. The molecular weight excluding hydrogens is 384 g/mol. The van der Waals surface area contributed by atoms with E-state index in [0.29, 0.717) is 16.2 Å². The van der Waals surface area contributed by atoms with Gasteiger partial charge >= 0.3 is 0 Å². The van der Waals surface area contributed by atoms with Gasteiger partial charge < -0.3 is 14.7 Å². The summed E-state index contributed by atoms with van der Waals surface area (Å²) in [6.45, 7) is 10.5. The number of pyridine rings is 1. The highest BCUT2D eigenvalue weighted by Gasteiger charge is 2.31. The van der Waals surface area contributed by atoms with Crippen molar-refractivity contribution in [3.63, 3.8) is 0 Å². The first-order chi connectivity index (χ1) is 14.0. The molecule has 1 aromatic heterocycles. The zero-order valence-electron chi connectivity index (χ0n) is 17.1. The number of fused-ring (bicyclic) bond motifs is 2. The number of hydrogen-bond acceptors (Lipinski definition) is 5. The Morgan fingerprint density at radius 3 is 2.62 bits per heavy atom. The smallest absolute Gasteiger partial charge is 0.261 e. The monoisotopic (exact) mass is 410 g/mol. The van der Waals surface area contributed by atoms with Crippen LogP contribution in [0.25, 0.3) is 0 Å². The first-order valence-electron chi connectivity index (χ1n) is 10.1. The van der Waals surface area contributed by atoms with Crippen molar-refractivity contribution in [3.05, 3.63) is 47.7 Å². The molecule has 1 aromatic carbocycles. The van der Waals surface area contributed by atoms with Crippen LogP contribution < -0.4 is 4.90 Å². The van der Waals surface area contributed by atoms with Crippen molar-refractivity contribution >= 4 is 29.3 Å². The van der Waals surface area contributed by atoms with Gasteiger partial charge in [0, 0.05) is 48.9 Å². The summed E-state index contributed by atoms with van der Waals surface area (Å²) in [5, 5.41) is 0.683. The molecule has 2 aliphatic heterocycles. The van der Waals surface area contributed by atoms with Crippen molar-refractivity contribution < 1.29 is 9.59 Å². The maximum atomic E-state index is 13.2. The highest BCUT2D eigenvalue weighted by atomic mass is 32.2. The number of piperazine rings is 1. The fourth-order valence-electron chi connectivity index (χ4n) is 3.87. The lowest BCUT2D eigenvalue weighted by molar-refractivity contribution is 0.0643. The SMILES string of the molecule is CCN1CCN(C(=O)c2ccc3c(c2)Sc2ncccc2C(=O)N3C(C)C)CC1. The third-order valence-electron chi connectivity index (χ3n) is 5.52. The van der Waals surface area contributed by atoms with E-state index in [0.717, 1.165) is 43.3 Å². The van der Waals surface area contributed by atoms with Gasteiger partial charge in [0.05, 0.1) is 11.3 Å². The van der Waals surface area contributed by atoms with E-state index in [1.165, 1.54) is 11.8 Å². The summed E-state index contributed by atoms with van der Waals surface area (Å²) in [4.78, 5) is 37.6. The van der Waals surface area contributed by atoms with Crippen molar-refractivity contribution in [2.45, 2.75) is 36.7 Å². The highest BCUT2D eigenvalue weighted by molar-refractivity contribution is 7.99. The molecule has 1 saturated heterocycles. The summed E-state index contributed by atoms with van der Waals surface area (Å²) in [6, 6.07) is 9.27.